The van der Waals surface area contributed by atoms with Gasteiger partial charge in [-0.25, -0.2) is 4.68 Å². The van der Waals surface area contributed by atoms with E-state index in [-0.39, 0.29) is 18.0 Å². The second kappa shape index (κ2) is 13.3. The maximum atomic E-state index is 6.02. The second-order valence-corrected chi connectivity index (χ2v) is 11.4. The molecule has 0 radical (unpaired) electrons. The molecule has 0 N–H and O–H groups in total. The minimum absolute atomic E-state index is 0.0312. The predicted octanol–water partition coefficient (Wildman–Crippen LogP) is 5.88. The van der Waals surface area contributed by atoms with Crippen LogP contribution in [0.3, 0.4) is 0 Å². The van der Waals surface area contributed by atoms with E-state index in [1.165, 1.54) is 16.6 Å². The molecule has 0 atom stereocenters. The molecule has 0 saturated carbocycles. The molecule has 0 aliphatic heterocycles. The molecule has 7 rings (SSSR count). The molecule has 3 aromatic carbocycles. The molecule has 4 heterocycles. The zero-order valence-electron chi connectivity index (χ0n) is 25.6. The molecule has 0 unspecified atom stereocenters. The van der Waals surface area contributed by atoms with E-state index < -0.39 is 0 Å². The number of benzene rings is 3. The van der Waals surface area contributed by atoms with Crippen LogP contribution in [0.4, 0.5) is 0 Å². The Morgan fingerprint density at radius 2 is 1.00 bits per heavy atom. The zero-order chi connectivity index (χ0) is 33.0. The Balaban J connectivity index is 1.13. The van der Waals surface area contributed by atoms with Crippen molar-refractivity contribution in [3.8, 4) is 69.1 Å². The number of ether oxygens (including phenoxy) is 3. The normalized spacial score (nSPS) is 11.0. The van der Waals surface area contributed by atoms with Gasteiger partial charge in [-0.1, -0.05) is 27.9 Å². The smallest absolute Gasteiger partial charge is 0.331 e. The summed E-state index contributed by atoms with van der Waals surface area (Å²) in [5.74, 6) is 1.44. The van der Waals surface area contributed by atoms with Crippen LogP contribution >= 0.6 is 24.2 Å². The topological polar surface area (TPSA) is 158 Å². The molecule has 0 aliphatic carbocycles. The van der Waals surface area contributed by atoms with Crippen LogP contribution < -0.4 is 14.2 Å². The SMILES string of the molecule is CSn1cc(-c2ccc(Oc3nc(Oc4ccc(-c5cn(C)nn5)cc4)nc(Oc4ccc(-c5cn(C(C)=S)nn5)cc4)n3)cc2)nn1. The van der Waals surface area contributed by atoms with Crippen LogP contribution in [0.2, 0.25) is 0 Å². The molecular weight excluding hydrogens is 653 g/mol. The molecule has 0 aliphatic rings. The molecular formula is C31H24N12O3S2. The average molecular weight is 677 g/mol. The Morgan fingerprint density at radius 1 is 0.583 bits per heavy atom. The van der Waals surface area contributed by atoms with Gasteiger partial charge in [-0.15, -0.1) is 30.2 Å². The van der Waals surface area contributed by atoms with Crippen molar-refractivity contribution in [3.05, 3.63) is 91.4 Å². The van der Waals surface area contributed by atoms with Crippen molar-refractivity contribution in [1.29, 1.82) is 0 Å². The third-order valence-electron chi connectivity index (χ3n) is 6.73. The largest absolute Gasteiger partial charge is 0.424 e. The van der Waals surface area contributed by atoms with Gasteiger partial charge in [0.15, 0.2) is 0 Å². The van der Waals surface area contributed by atoms with Gasteiger partial charge in [-0.2, -0.15) is 4.09 Å². The van der Waals surface area contributed by atoms with Crippen LogP contribution in [0.15, 0.2) is 91.4 Å². The van der Waals surface area contributed by atoms with Crippen molar-refractivity contribution in [2.75, 3.05) is 6.26 Å². The summed E-state index contributed by atoms with van der Waals surface area (Å²) in [7, 11) is 1.81. The van der Waals surface area contributed by atoms with Crippen molar-refractivity contribution in [2.45, 2.75) is 6.92 Å². The van der Waals surface area contributed by atoms with Crippen LogP contribution in [0.1, 0.15) is 6.92 Å². The summed E-state index contributed by atoms with van der Waals surface area (Å²) < 4.78 is 22.9. The Kier molecular flexibility index (Phi) is 8.50. The van der Waals surface area contributed by atoms with E-state index in [9.17, 15) is 0 Å². The van der Waals surface area contributed by atoms with E-state index in [1.807, 2.05) is 62.1 Å². The minimum atomic E-state index is -0.0356. The monoisotopic (exact) mass is 676 g/mol. The number of rotatable bonds is 10. The van der Waals surface area contributed by atoms with Gasteiger partial charge < -0.3 is 14.2 Å². The maximum absolute atomic E-state index is 6.02. The van der Waals surface area contributed by atoms with Gasteiger partial charge in [0.05, 0.1) is 18.6 Å². The van der Waals surface area contributed by atoms with Gasteiger partial charge in [0.2, 0.25) is 0 Å². The lowest BCUT2D eigenvalue weighted by Crippen LogP contribution is -2.03. The fourth-order valence-corrected chi connectivity index (χ4v) is 4.76. The van der Waals surface area contributed by atoms with Crippen LogP contribution in [-0.4, -0.2) is 70.6 Å². The van der Waals surface area contributed by atoms with E-state index >= 15 is 0 Å². The lowest BCUT2D eigenvalue weighted by atomic mass is 10.2. The Morgan fingerprint density at radius 3 is 1.38 bits per heavy atom. The molecule has 0 saturated heterocycles. The van der Waals surface area contributed by atoms with Gasteiger partial charge in [0.25, 0.3) is 0 Å². The van der Waals surface area contributed by atoms with Crippen molar-refractivity contribution in [3.63, 3.8) is 0 Å². The first-order valence-electron chi connectivity index (χ1n) is 14.3. The summed E-state index contributed by atoms with van der Waals surface area (Å²) in [4.78, 5) is 13.8. The van der Waals surface area contributed by atoms with E-state index in [0.717, 1.165) is 28.1 Å². The standard InChI is InChI=1S/C31H24N12O3S2/c1-19(47)42-17-27(36-39-42)21-6-12-24(13-7-21)45-30-32-29(44-23-10-4-20(5-11-23)26-16-41(2)38-35-26)33-31(34-30)46-25-14-8-22(9-15-25)28-18-43(48-3)40-37-28/h4-18H,1-3H3. The first kappa shape index (κ1) is 30.6. The van der Waals surface area contributed by atoms with Gasteiger partial charge >= 0.3 is 18.0 Å². The quantitative estimate of drug-likeness (QED) is 0.158. The highest BCUT2D eigenvalue weighted by Gasteiger charge is 2.15. The van der Waals surface area contributed by atoms with Crippen molar-refractivity contribution >= 4 is 29.2 Å². The zero-order valence-corrected chi connectivity index (χ0v) is 27.2. The predicted molar refractivity (Wildman–Crippen MR) is 180 cm³/mol. The average Bonchev–Trinajstić information content (AvgIpc) is 3.88. The molecule has 7 aromatic rings. The molecule has 48 heavy (non-hydrogen) atoms. The molecule has 238 valence electrons. The first-order valence-corrected chi connectivity index (χ1v) is 15.8. The molecule has 0 bridgehead atoms. The summed E-state index contributed by atoms with van der Waals surface area (Å²) >= 11 is 6.62. The number of thiocarbonyl (C=S) groups is 1. The number of nitrogens with zero attached hydrogens (tertiary/aromatic N) is 12. The number of hydrogen-bond acceptors (Lipinski definition) is 14. The van der Waals surface area contributed by atoms with Crippen molar-refractivity contribution in [1.82, 2.24) is 59.3 Å². The second-order valence-electron chi connectivity index (χ2n) is 10.1. The van der Waals surface area contributed by atoms with E-state index in [2.05, 4.69) is 45.9 Å². The summed E-state index contributed by atoms with van der Waals surface area (Å²) in [6.45, 7) is 1.78. The van der Waals surface area contributed by atoms with Gasteiger partial charge in [-0.3, -0.25) is 4.68 Å². The van der Waals surface area contributed by atoms with Gasteiger partial charge in [0.1, 0.15) is 39.3 Å². The molecule has 15 nitrogen and oxygen atoms in total. The summed E-state index contributed by atoms with van der Waals surface area (Å²) in [6, 6.07) is 21.7. The molecule has 17 heteroatoms. The van der Waals surface area contributed by atoms with Crippen LogP contribution in [0.5, 0.6) is 35.3 Å². The lowest BCUT2D eigenvalue weighted by Gasteiger charge is -2.10. The van der Waals surface area contributed by atoms with E-state index in [4.69, 9.17) is 26.4 Å². The number of aromatic nitrogens is 12. The van der Waals surface area contributed by atoms with Crippen molar-refractivity contribution in [2.24, 2.45) is 7.05 Å². The van der Waals surface area contributed by atoms with Crippen molar-refractivity contribution < 1.29 is 14.2 Å². The van der Waals surface area contributed by atoms with Crippen LogP contribution in [0, 0.1) is 0 Å². The Hall–Kier alpha value is -6.07. The van der Waals surface area contributed by atoms with E-state index in [0.29, 0.717) is 27.9 Å². The Labute approximate surface area is 282 Å². The first-order chi connectivity index (χ1) is 23.4. The summed E-state index contributed by atoms with van der Waals surface area (Å²) in [6.07, 6.45) is 7.35. The highest BCUT2D eigenvalue weighted by atomic mass is 32.2. The highest BCUT2D eigenvalue weighted by Crippen LogP contribution is 2.30. The molecule has 0 amide bonds. The van der Waals surface area contributed by atoms with Gasteiger partial charge in [-0.05, 0) is 91.7 Å². The number of hydrogen-bond donors (Lipinski definition) is 0. The van der Waals surface area contributed by atoms with Gasteiger partial charge in [0, 0.05) is 30.0 Å². The minimum Gasteiger partial charge on any atom is -0.424 e. The fourth-order valence-electron chi connectivity index (χ4n) is 4.35. The Bertz CT molecular complexity index is 2200. The highest BCUT2D eigenvalue weighted by molar-refractivity contribution is 7.97. The van der Waals surface area contributed by atoms with E-state index in [1.54, 1.807) is 58.3 Å². The third-order valence-corrected chi connectivity index (χ3v) is 7.47. The third kappa shape index (κ3) is 7.01. The lowest BCUT2D eigenvalue weighted by molar-refractivity contribution is 0.362. The molecule has 4 aromatic heterocycles. The summed E-state index contributed by atoms with van der Waals surface area (Å²) in [5, 5.41) is 24.6. The maximum Gasteiger partial charge on any atom is 0.331 e. The molecule has 0 fully saturated rings. The fraction of sp³-hybridized carbons (Fsp3) is 0.0968. The molecule has 0 spiro atoms. The number of aryl methyl sites for hydroxylation is 1. The van der Waals surface area contributed by atoms with Crippen LogP contribution in [0.25, 0.3) is 33.8 Å². The van der Waals surface area contributed by atoms with Crippen LogP contribution in [-0.2, 0) is 7.05 Å². The summed E-state index contributed by atoms with van der Waals surface area (Å²) in [5.41, 5.74) is 4.72.